The topological polar surface area (TPSA) is 6.48 Å². The molecule has 0 saturated carbocycles. The Balaban J connectivity index is 2.23. The van der Waals surface area contributed by atoms with Gasteiger partial charge in [-0.25, -0.2) is 0 Å². The van der Waals surface area contributed by atoms with E-state index in [0.717, 1.165) is 12.1 Å². The van der Waals surface area contributed by atoms with Gasteiger partial charge in [0.05, 0.1) is 11.1 Å². The van der Waals surface area contributed by atoms with Crippen LogP contribution < -0.4 is 9.80 Å². The zero-order valence-electron chi connectivity index (χ0n) is 18.3. The SMILES string of the molecule is CCc1c(N(C)CCN(C)c2ccc(C(C)C)c(C(F)(F)F)c2)cccc1C(F)(F)F. The van der Waals surface area contributed by atoms with E-state index in [9.17, 15) is 26.3 Å². The van der Waals surface area contributed by atoms with Gasteiger partial charge in [0.25, 0.3) is 0 Å². The third-order valence-corrected chi connectivity index (χ3v) is 5.40. The molecule has 31 heavy (non-hydrogen) atoms. The van der Waals surface area contributed by atoms with E-state index < -0.39 is 23.5 Å². The van der Waals surface area contributed by atoms with E-state index in [0.29, 0.717) is 24.5 Å². The summed E-state index contributed by atoms with van der Waals surface area (Å²) >= 11 is 0. The Hall–Kier alpha value is -2.38. The minimum absolute atomic E-state index is 0.209. The standard InChI is InChI=1S/C23H28F6N2/c1-6-17-19(22(24,25)26)8-7-9-21(17)31(5)13-12-30(4)16-10-11-18(15(2)3)20(14-16)23(27,28)29/h7-11,14-15H,6,12-13H2,1-5H3. The first-order chi connectivity index (χ1) is 14.3. The van der Waals surface area contributed by atoms with Gasteiger partial charge in [-0.05, 0) is 47.7 Å². The van der Waals surface area contributed by atoms with Crippen LogP contribution in [-0.2, 0) is 18.8 Å². The van der Waals surface area contributed by atoms with Crippen LogP contribution in [0.15, 0.2) is 36.4 Å². The molecule has 0 fully saturated rings. The van der Waals surface area contributed by atoms with Gasteiger partial charge in [0.1, 0.15) is 0 Å². The smallest absolute Gasteiger partial charge is 0.373 e. The third kappa shape index (κ3) is 5.86. The summed E-state index contributed by atoms with van der Waals surface area (Å²) in [5, 5.41) is 0. The molecule has 172 valence electrons. The molecule has 8 heteroatoms. The first-order valence-electron chi connectivity index (χ1n) is 10.1. The van der Waals surface area contributed by atoms with Gasteiger partial charge in [0, 0.05) is 38.6 Å². The predicted octanol–water partition coefficient (Wildman–Crippen LogP) is 6.98. The highest BCUT2D eigenvalue weighted by Gasteiger charge is 2.35. The monoisotopic (exact) mass is 446 g/mol. The lowest BCUT2D eigenvalue weighted by molar-refractivity contribution is -0.139. The number of hydrogen-bond donors (Lipinski definition) is 0. The molecule has 2 nitrogen and oxygen atoms in total. The van der Waals surface area contributed by atoms with Crippen LogP contribution in [0.3, 0.4) is 0 Å². The van der Waals surface area contributed by atoms with E-state index >= 15 is 0 Å². The molecule has 0 radical (unpaired) electrons. The molecule has 0 atom stereocenters. The van der Waals surface area contributed by atoms with Crippen LogP contribution in [0.4, 0.5) is 37.7 Å². The number of alkyl halides is 6. The summed E-state index contributed by atoms with van der Waals surface area (Å²) in [6.07, 6.45) is -8.68. The van der Waals surface area contributed by atoms with E-state index in [1.165, 1.54) is 12.1 Å². The molecule has 0 bridgehead atoms. The summed E-state index contributed by atoms with van der Waals surface area (Å²) in [4.78, 5) is 3.38. The zero-order valence-corrected chi connectivity index (χ0v) is 18.3. The second kappa shape index (κ2) is 9.40. The number of benzene rings is 2. The quantitative estimate of drug-likeness (QED) is 0.423. The summed E-state index contributed by atoms with van der Waals surface area (Å²) in [5.74, 6) is -0.268. The average molecular weight is 446 g/mol. The van der Waals surface area contributed by atoms with Crippen LogP contribution in [-0.4, -0.2) is 27.2 Å². The number of halogens is 6. The third-order valence-electron chi connectivity index (χ3n) is 5.40. The highest BCUT2D eigenvalue weighted by Crippen LogP contribution is 2.38. The average Bonchev–Trinajstić information content (AvgIpc) is 2.69. The summed E-state index contributed by atoms with van der Waals surface area (Å²) in [6, 6.07) is 8.34. The van der Waals surface area contributed by atoms with Crippen molar-refractivity contribution in [2.45, 2.75) is 45.5 Å². The molecule has 0 aromatic heterocycles. The molecule has 2 aromatic carbocycles. The second-order valence-corrected chi connectivity index (χ2v) is 7.92. The Labute approximate surface area is 179 Å². The van der Waals surface area contributed by atoms with E-state index in [2.05, 4.69) is 0 Å². The van der Waals surface area contributed by atoms with Crippen molar-refractivity contribution in [1.29, 1.82) is 0 Å². The van der Waals surface area contributed by atoms with E-state index in [1.54, 1.807) is 56.8 Å². The van der Waals surface area contributed by atoms with Crippen molar-refractivity contribution in [1.82, 2.24) is 0 Å². The van der Waals surface area contributed by atoms with Crippen molar-refractivity contribution >= 4 is 11.4 Å². The predicted molar refractivity (Wildman–Crippen MR) is 113 cm³/mol. The summed E-state index contributed by atoms with van der Waals surface area (Å²) < 4.78 is 80.4. The van der Waals surface area contributed by atoms with E-state index in [1.807, 2.05) is 0 Å². The lowest BCUT2D eigenvalue weighted by Gasteiger charge is -2.28. The Kier molecular flexibility index (Phi) is 7.55. The maximum atomic E-state index is 13.5. The van der Waals surface area contributed by atoms with Gasteiger partial charge in [0.2, 0.25) is 0 Å². The minimum Gasteiger partial charge on any atom is -0.373 e. The van der Waals surface area contributed by atoms with Gasteiger partial charge in [-0.3, -0.25) is 0 Å². The van der Waals surface area contributed by atoms with Crippen molar-refractivity contribution in [3.63, 3.8) is 0 Å². The molecular weight excluding hydrogens is 418 g/mol. The molecule has 2 rings (SSSR count). The van der Waals surface area contributed by atoms with Crippen LogP contribution in [0, 0.1) is 0 Å². The van der Waals surface area contributed by atoms with Gasteiger partial charge >= 0.3 is 12.4 Å². The lowest BCUT2D eigenvalue weighted by atomic mass is 9.96. The van der Waals surface area contributed by atoms with E-state index in [-0.39, 0.29) is 23.5 Å². The highest BCUT2D eigenvalue weighted by molar-refractivity contribution is 5.58. The summed E-state index contributed by atoms with van der Waals surface area (Å²) in [6.45, 7) is 5.78. The van der Waals surface area contributed by atoms with Gasteiger partial charge < -0.3 is 9.80 Å². The molecule has 0 aliphatic rings. The summed E-state index contributed by atoms with van der Waals surface area (Å²) in [7, 11) is 3.36. The van der Waals surface area contributed by atoms with Crippen molar-refractivity contribution in [3.8, 4) is 0 Å². The van der Waals surface area contributed by atoms with Gasteiger partial charge in [-0.15, -0.1) is 0 Å². The first-order valence-corrected chi connectivity index (χ1v) is 10.1. The fourth-order valence-electron chi connectivity index (χ4n) is 3.65. The normalized spacial score (nSPS) is 12.4. The van der Waals surface area contributed by atoms with E-state index in [4.69, 9.17) is 0 Å². The molecule has 0 aliphatic heterocycles. The molecule has 0 aliphatic carbocycles. The second-order valence-electron chi connectivity index (χ2n) is 7.92. The van der Waals surface area contributed by atoms with Crippen LogP contribution in [0.5, 0.6) is 0 Å². The molecule has 0 spiro atoms. The molecule has 0 amide bonds. The van der Waals surface area contributed by atoms with Crippen molar-refractivity contribution in [2.75, 3.05) is 37.0 Å². The van der Waals surface area contributed by atoms with Crippen molar-refractivity contribution in [3.05, 3.63) is 58.7 Å². The number of rotatable bonds is 7. The van der Waals surface area contributed by atoms with Gasteiger partial charge in [-0.1, -0.05) is 32.9 Å². The minimum atomic E-state index is -4.46. The maximum Gasteiger partial charge on any atom is 0.416 e. The first kappa shape index (κ1) is 24.9. The summed E-state index contributed by atoms with van der Waals surface area (Å²) in [5.41, 5.74) is -0.000915. The molecule has 2 aromatic rings. The molecule has 0 saturated heterocycles. The highest BCUT2D eigenvalue weighted by atomic mass is 19.4. The van der Waals surface area contributed by atoms with Crippen molar-refractivity contribution < 1.29 is 26.3 Å². The molecule has 0 unspecified atom stereocenters. The number of hydrogen-bond acceptors (Lipinski definition) is 2. The zero-order chi connectivity index (χ0) is 23.6. The molecule has 0 heterocycles. The number of likely N-dealkylation sites (N-methyl/N-ethyl adjacent to an activating group) is 2. The lowest BCUT2D eigenvalue weighted by Crippen LogP contribution is -2.31. The Morgan fingerprint density at radius 3 is 1.90 bits per heavy atom. The van der Waals surface area contributed by atoms with Crippen LogP contribution in [0.2, 0.25) is 0 Å². The fraction of sp³-hybridized carbons (Fsp3) is 0.478. The van der Waals surface area contributed by atoms with Crippen molar-refractivity contribution in [2.24, 2.45) is 0 Å². The fourth-order valence-corrected chi connectivity index (χ4v) is 3.65. The number of nitrogens with zero attached hydrogens (tertiary/aromatic N) is 2. The van der Waals surface area contributed by atoms with Crippen LogP contribution in [0.25, 0.3) is 0 Å². The maximum absolute atomic E-state index is 13.5. The Morgan fingerprint density at radius 2 is 1.39 bits per heavy atom. The largest absolute Gasteiger partial charge is 0.416 e. The van der Waals surface area contributed by atoms with Gasteiger partial charge in [0.15, 0.2) is 0 Å². The molecule has 0 N–H and O–H groups in total. The van der Waals surface area contributed by atoms with Crippen LogP contribution in [0.1, 0.15) is 48.9 Å². The van der Waals surface area contributed by atoms with Crippen LogP contribution >= 0.6 is 0 Å². The number of anilines is 2. The Bertz CT molecular complexity index is 887. The Morgan fingerprint density at radius 1 is 0.806 bits per heavy atom. The van der Waals surface area contributed by atoms with Gasteiger partial charge in [-0.2, -0.15) is 26.3 Å². The molecular formula is C23H28F6N2.